The summed E-state index contributed by atoms with van der Waals surface area (Å²) >= 11 is 1.37. The lowest BCUT2D eigenvalue weighted by molar-refractivity contribution is -0.127. The lowest BCUT2D eigenvalue weighted by Gasteiger charge is -2.13. The summed E-state index contributed by atoms with van der Waals surface area (Å²) < 4.78 is 4.75. The first kappa shape index (κ1) is 14.2. The lowest BCUT2D eigenvalue weighted by atomic mass is 10.4. The van der Waals surface area contributed by atoms with Crippen molar-refractivity contribution in [2.24, 2.45) is 5.73 Å². The SMILES string of the molecule is COCCNC(=O)C(N)NC(=O)CSC. The molecule has 0 bridgehead atoms. The number of ether oxygens (including phenoxy) is 1. The van der Waals surface area contributed by atoms with Crippen LogP contribution in [0.1, 0.15) is 0 Å². The van der Waals surface area contributed by atoms with Crippen molar-refractivity contribution in [3.05, 3.63) is 0 Å². The van der Waals surface area contributed by atoms with Gasteiger partial charge < -0.3 is 21.1 Å². The second-order valence-corrected chi connectivity index (χ2v) is 3.63. The van der Waals surface area contributed by atoms with Gasteiger partial charge in [0.15, 0.2) is 6.17 Å². The molecule has 0 spiro atoms. The fourth-order valence-electron chi connectivity index (χ4n) is 0.798. The van der Waals surface area contributed by atoms with Crippen LogP contribution in [0, 0.1) is 0 Å². The van der Waals surface area contributed by atoms with Crippen molar-refractivity contribution in [3.8, 4) is 0 Å². The normalized spacial score (nSPS) is 11.9. The quantitative estimate of drug-likeness (QED) is 0.369. The van der Waals surface area contributed by atoms with Crippen molar-refractivity contribution in [1.29, 1.82) is 0 Å². The lowest BCUT2D eigenvalue weighted by Crippen LogP contribution is -2.53. The second-order valence-electron chi connectivity index (χ2n) is 2.76. The summed E-state index contributed by atoms with van der Waals surface area (Å²) in [5.74, 6) is -0.377. The zero-order valence-corrected chi connectivity index (χ0v) is 9.73. The Kier molecular flexibility index (Phi) is 8.06. The topological polar surface area (TPSA) is 93.4 Å². The summed E-state index contributed by atoms with van der Waals surface area (Å²) in [6.45, 7) is 0.790. The summed E-state index contributed by atoms with van der Waals surface area (Å²) in [4.78, 5) is 22.3. The summed E-state index contributed by atoms with van der Waals surface area (Å²) in [5, 5.41) is 4.89. The highest BCUT2D eigenvalue weighted by atomic mass is 32.2. The zero-order valence-electron chi connectivity index (χ0n) is 8.91. The van der Waals surface area contributed by atoms with Gasteiger partial charge in [-0.15, -0.1) is 0 Å². The van der Waals surface area contributed by atoms with Gasteiger partial charge in [-0.3, -0.25) is 9.59 Å². The van der Waals surface area contributed by atoms with E-state index in [1.165, 1.54) is 18.9 Å². The van der Waals surface area contributed by atoms with E-state index in [0.717, 1.165) is 0 Å². The number of amides is 2. The molecule has 0 saturated carbocycles. The Morgan fingerprint density at radius 2 is 2.20 bits per heavy atom. The molecule has 0 heterocycles. The van der Waals surface area contributed by atoms with Gasteiger partial charge in [0, 0.05) is 13.7 Å². The van der Waals surface area contributed by atoms with Crippen molar-refractivity contribution >= 4 is 23.6 Å². The molecule has 0 radical (unpaired) electrons. The molecule has 0 aromatic heterocycles. The first-order valence-corrected chi connectivity index (χ1v) is 5.81. The largest absolute Gasteiger partial charge is 0.383 e. The average molecular weight is 235 g/mol. The van der Waals surface area contributed by atoms with E-state index >= 15 is 0 Å². The van der Waals surface area contributed by atoms with Crippen LogP contribution >= 0.6 is 11.8 Å². The molecule has 0 aliphatic carbocycles. The highest BCUT2D eigenvalue weighted by Crippen LogP contribution is 1.89. The molecule has 88 valence electrons. The third kappa shape index (κ3) is 7.18. The highest BCUT2D eigenvalue weighted by Gasteiger charge is 2.14. The number of nitrogens with one attached hydrogen (secondary N) is 2. The van der Waals surface area contributed by atoms with Crippen LogP contribution in [-0.2, 0) is 14.3 Å². The Morgan fingerprint density at radius 1 is 1.53 bits per heavy atom. The number of thioether (sulfide) groups is 1. The number of carbonyl (C=O) groups is 2. The molecule has 4 N–H and O–H groups in total. The Morgan fingerprint density at radius 3 is 2.73 bits per heavy atom. The number of rotatable bonds is 7. The fraction of sp³-hybridized carbons (Fsp3) is 0.750. The Hall–Kier alpha value is -0.790. The fourth-order valence-corrected chi connectivity index (χ4v) is 1.14. The molecule has 15 heavy (non-hydrogen) atoms. The van der Waals surface area contributed by atoms with E-state index in [-0.39, 0.29) is 5.91 Å². The summed E-state index contributed by atoms with van der Waals surface area (Å²) in [5.41, 5.74) is 5.44. The van der Waals surface area contributed by atoms with Crippen molar-refractivity contribution < 1.29 is 14.3 Å². The monoisotopic (exact) mass is 235 g/mol. The molecule has 6 nitrogen and oxygen atoms in total. The zero-order chi connectivity index (χ0) is 11.7. The van der Waals surface area contributed by atoms with E-state index in [1.54, 1.807) is 6.26 Å². The van der Waals surface area contributed by atoms with Crippen molar-refractivity contribution in [2.45, 2.75) is 6.17 Å². The molecular weight excluding hydrogens is 218 g/mol. The third-order valence-electron chi connectivity index (χ3n) is 1.48. The van der Waals surface area contributed by atoms with Crippen molar-refractivity contribution in [3.63, 3.8) is 0 Å². The third-order valence-corrected chi connectivity index (χ3v) is 2.03. The Balaban J connectivity index is 3.73. The van der Waals surface area contributed by atoms with E-state index in [2.05, 4.69) is 10.6 Å². The molecule has 0 aromatic carbocycles. The molecular formula is C8H17N3O3S. The van der Waals surface area contributed by atoms with Crippen molar-refractivity contribution in [2.75, 3.05) is 32.3 Å². The predicted octanol–water partition coefficient (Wildman–Crippen LogP) is -1.49. The molecule has 0 aliphatic heterocycles. The molecule has 2 amide bonds. The van der Waals surface area contributed by atoms with E-state index in [0.29, 0.717) is 18.9 Å². The maximum Gasteiger partial charge on any atom is 0.257 e. The van der Waals surface area contributed by atoms with Crippen LogP contribution in [0.5, 0.6) is 0 Å². The van der Waals surface area contributed by atoms with Crippen molar-refractivity contribution in [1.82, 2.24) is 10.6 Å². The minimum Gasteiger partial charge on any atom is -0.383 e. The molecule has 0 aromatic rings. The smallest absolute Gasteiger partial charge is 0.257 e. The van der Waals surface area contributed by atoms with Gasteiger partial charge in [0.05, 0.1) is 12.4 Å². The molecule has 0 aliphatic rings. The number of carbonyl (C=O) groups excluding carboxylic acids is 2. The van der Waals surface area contributed by atoms with E-state index in [9.17, 15) is 9.59 Å². The summed E-state index contributed by atoms with van der Waals surface area (Å²) in [6, 6.07) is 0. The summed E-state index contributed by atoms with van der Waals surface area (Å²) in [7, 11) is 1.53. The van der Waals surface area contributed by atoms with Gasteiger partial charge in [0.2, 0.25) is 5.91 Å². The average Bonchev–Trinajstić information content (AvgIpc) is 2.18. The first-order valence-electron chi connectivity index (χ1n) is 4.42. The van der Waals surface area contributed by atoms with E-state index < -0.39 is 12.1 Å². The second kappa shape index (κ2) is 8.51. The molecule has 1 atom stereocenters. The Bertz CT molecular complexity index is 213. The number of hydrogen-bond acceptors (Lipinski definition) is 5. The first-order chi connectivity index (χ1) is 7.11. The van der Waals surface area contributed by atoms with Gasteiger partial charge >= 0.3 is 0 Å². The number of nitrogens with two attached hydrogens (primary N) is 1. The molecule has 0 rings (SSSR count). The molecule has 0 saturated heterocycles. The maximum absolute atomic E-state index is 11.2. The van der Waals surface area contributed by atoms with Gasteiger partial charge in [0.1, 0.15) is 0 Å². The maximum atomic E-state index is 11.2. The van der Waals surface area contributed by atoms with E-state index in [4.69, 9.17) is 10.5 Å². The molecule has 1 unspecified atom stereocenters. The Labute approximate surface area is 93.3 Å². The van der Waals surface area contributed by atoms with Crippen LogP contribution in [0.2, 0.25) is 0 Å². The standard InChI is InChI=1S/C8H17N3O3S/c1-14-4-3-10-8(13)7(9)11-6(12)5-15-2/h7H,3-5,9H2,1-2H3,(H,10,13)(H,11,12). The van der Waals surface area contributed by atoms with Gasteiger partial charge in [0.25, 0.3) is 5.91 Å². The van der Waals surface area contributed by atoms with Crippen LogP contribution in [0.3, 0.4) is 0 Å². The number of hydrogen-bond donors (Lipinski definition) is 3. The summed E-state index contributed by atoms with van der Waals surface area (Å²) in [6.07, 6.45) is 0.797. The van der Waals surface area contributed by atoms with Crippen LogP contribution in [0.25, 0.3) is 0 Å². The minimum atomic E-state index is -0.999. The van der Waals surface area contributed by atoms with Gasteiger partial charge in [-0.1, -0.05) is 0 Å². The van der Waals surface area contributed by atoms with E-state index in [1.807, 2.05) is 0 Å². The minimum absolute atomic E-state index is 0.253. The molecule has 7 heteroatoms. The van der Waals surface area contributed by atoms with Crippen LogP contribution in [-0.4, -0.2) is 50.3 Å². The number of methoxy groups -OCH3 is 1. The van der Waals surface area contributed by atoms with Crippen LogP contribution < -0.4 is 16.4 Å². The van der Waals surface area contributed by atoms with Crippen LogP contribution in [0.4, 0.5) is 0 Å². The molecule has 0 fully saturated rings. The van der Waals surface area contributed by atoms with Gasteiger partial charge in [-0.25, -0.2) is 0 Å². The van der Waals surface area contributed by atoms with Gasteiger partial charge in [-0.2, -0.15) is 11.8 Å². The predicted molar refractivity (Wildman–Crippen MR) is 59.4 cm³/mol. The highest BCUT2D eigenvalue weighted by molar-refractivity contribution is 7.99. The van der Waals surface area contributed by atoms with Gasteiger partial charge in [-0.05, 0) is 6.26 Å². The van der Waals surface area contributed by atoms with Crippen LogP contribution in [0.15, 0.2) is 0 Å².